The van der Waals surface area contributed by atoms with Crippen molar-refractivity contribution < 1.29 is 38.5 Å². The van der Waals surface area contributed by atoms with E-state index in [9.17, 15) is 19.1 Å². The molecule has 244 valence electrons. The lowest BCUT2D eigenvalue weighted by Crippen LogP contribution is -2.54. The summed E-state index contributed by atoms with van der Waals surface area (Å²) in [7, 11) is 1.66. The lowest BCUT2D eigenvalue weighted by molar-refractivity contribution is -0.191. The molecule has 0 spiro atoms. The summed E-state index contributed by atoms with van der Waals surface area (Å²) in [5.74, 6) is -1.14. The highest BCUT2D eigenvalue weighted by Crippen LogP contribution is 2.26. The number of halogens is 1. The number of carboxylic acids is 1. The smallest absolute Gasteiger partial charge is 0.373 e. The third kappa shape index (κ3) is 12.1. The van der Waals surface area contributed by atoms with Crippen LogP contribution in [-0.2, 0) is 25.5 Å². The monoisotopic (exact) mass is 619 g/mol. The molecule has 1 aromatic heterocycles. The van der Waals surface area contributed by atoms with Gasteiger partial charge >= 0.3 is 12.1 Å². The van der Waals surface area contributed by atoms with Gasteiger partial charge < -0.3 is 25.2 Å². The highest BCUT2D eigenvalue weighted by molar-refractivity contribution is 5.93. The fraction of sp³-hybridized carbons (Fsp3) is 0.581. The van der Waals surface area contributed by atoms with E-state index in [-0.39, 0.29) is 47.2 Å². The number of nitrogens with zero attached hydrogens (tertiary/aromatic N) is 4. The van der Waals surface area contributed by atoms with Crippen LogP contribution < -0.4 is 5.32 Å². The lowest BCUT2D eigenvalue weighted by Gasteiger charge is -2.40. The number of aliphatic hydroxyl groups excluding tert-OH is 1. The fourth-order valence-electron chi connectivity index (χ4n) is 4.97. The number of hydrogen-bond donors (Lipinski definition) is 3. The number of para-hydroxylation sites is 1. The number of benzene rings is 1. The van der Waals surface area contributed by atoms with Gasteiger partial charge in [0.05, 0.1) is 11.8 Å². The third-order valence-electron chi connectivity index (χ3n) is 7.02. The van der Waals surface area contributed by atoms with E-state index < -0.39 is 17.9 Å². The minimum absolute atomic E-state index is 0.0637. The van der Waals surface area contributed by atoms with Gasteiger partial charge in [0.2, 0.25) is 0 Å². The lowest BCUT2D eigenvalue weighted by atomic mass is 9.85. The van der Waals surface area contributed by atoms with Crippen molar-refractivity contribution in [3.8, 4) is 5.69 Å². The highest BCUT2D eigenvalue weighted by atomic mass is 19.1. The second-order valence-corrected chi connectivity index (χ2v) is 11.2. The Labute approximate surface area is 258 Å². The molecular formula is C31H46FN5O7. The van der Waals surface area contributed by atoms with E-state index >= 15 is 0 Å². The number of aliphatic carboxylic acids is 1. The summed E-state index contributed by atoms with van der Waals surface area (Å²) >= 11 is 0. The van der Waals surface area contributed by atoms with E-state index in [1.807, 2.05) is 18.7 Å². The van der Waals surface area contributed by atoms with Gasteiger partial charge in [0.15, 0.2) is 5.69 Å². The molecule has 0 bridgehead atoms. The van der Waals surface area contributed by atoms with Crippen LogP contribution in [-0.4, -0.2) is 93.6 Å². The first-order chi connectivity index (χ1) is 20.9. The second-order valence-electron chi connectivity index (χ2n) is 11.2. The first kappa shape index (κ1) is 38.3. The van der Waals surface area contributed by atoms with Crippen LogP contribution in [0.5, 0.6) is 0 Å². The van der Waals surface area contributed by atoms with E-state index in [4.69, 9.17) is 19.4 Å². The van der Waals surface area contributed by atoms with Gasteiger partial charge in [-0.25, -0.2) is 13.9 Å². The Morgan fingerprint density at radius 1 is 1.23 bits per heavy atom. The average Bonchev–Trinajstić information content (AvgIpc) is 3.41. The van der Waals surface area contributed by atoms with Crippen LogP contribution in [0.3, 0.4) is 0 Å². The first-order valence-electron chi connectivity index (χ1n) is 14.7. The number of hydrogen-bond acceptors (Lipinski definition) is 9. The Morgan fingerprint density at radius 2 is 1.86 bits per heavy atom. The molecule has 1 aliphatic rings. The number of carboxylic acid groups (broad SMARTS) is 1. The topological polar surface area (TPSA) is 164 Å². The van der Waals surface area contributed by atoms with Crippen molar-refractivity contribution in [2.75, 3.05) is 33.4 Å². The molecule has 1 amide bonds. The number of amides is 1. The van der Waals surface area contributed by atoms with Crippen LogP contribution in [0.4, 0.5) is 4.39 Å². The summed E-state index contributed by atoms with van der Waals surface area (Å²) in [5.41, 5.74) is 1.15. The normalized spacial score (nSPS) is 16.6. The largest absolute Gasteiger partial charge is 0.478 e. The molecule has 1 unspecified atom stereocenters. The van der Waals surface area contributed by atoms with Crippen molar-refractivity contribution in [2.24, 2.45) is 17.8 Å². The van der Waals surface area contributed by atoms with Crippen LogP contribution in [0.1, 0.15) is 63.1 Å². The van der Waals surface area contributed by atoms with Gasteiger partial charge in [-0.05, 0) is 55.6 Å². The number of aliphatic hydroxyl groups is 1. The maximum Gasteiger partial charge on any atom is 0.373 e. The quantitative estimate of drug-likeness (QED) is 0.224. The molecule has 13 heteroatoms. The molecule has 1 aromatic carbocycles. The number of carbonyl (C=O) groups excluding carboxylic acids is 3. The molecule has 12 nitrogen and oxygen atoms in total. The van der Waals surface area contributed by atoms with E-state index in [1.165, 1.54) is 10.7 Å². The second kappa shape index (κ2) is 20.2. The molecule has 3 rings (SSSR count). The third-order valence-corrected chi connectivity index (χ3v) is 7.02. The molecular weight excluding hydrogens is 573 g/mol. The zero-order valence-corrected chi connectivity index (χ0v) is 26.2. The van der Waals surface area contributed by atoms with Gasteiger partial charge in [-0.15, -0.1) is 5.10 Å². The van der Waals surface area contributed by atoms with Crippen molar-refractivity contribution >= 4 is 18.0 Å². The SMILES string of the molecule is C=CC(=O)O.COCCCCc1c(C(=O)N(CC(C)C)[C@@H]2CNC[C@H](C(O)C(C)C)C2)nnn1-c1ccccc1F.O=C=O. The zero-order valence-electron chi connectivity index (χ0n) is 26.2. The van der Waals surface area contributed by atoms with Crippen LogP contribution >= 0.6 is 0 Å². The number of nitrogens with one attached hydrogen (secondary N) is 1. The number of methoxy groups -OCH3 is 1. The van der Waals surface area contributed by atoms with Crippen LogP contribution in [0, 0.1) is 23.6 Å². The Kier molecular flexibility index (Phi) is 17.6. The number of aromatic nitrogens is 3. The summed E-state index contributed by atoms with van der Waals surface area (Å²) in [6.45, 7) is 13.7. The average molecular weight is 620 g/mol. The van der Waals surface area contributed by atoms with Gasteiger partial charge in [0.25, 0.3) is 5.91 Å². The van der Waals surface area contributed by atoms with E-state index in [0.29, 0.717) is 31.8 Å². The summed E-state index contributed by atoms with van der Waals surface area (Å²) in [4.78, 5) is 41.4. The zero-order chi connectivity index (χ0) is 33.2. The van der Waals surface area contributed by atoms with Gasteiger partial charge in [-0.2, -0.15) is 9.59 Å². The van der Waals surface area contributed by atoms with Crippen molar-refractivity contribution in [1.29, 1.82) is 0 Å². The molecule has 1 fully saturated rings. The summed E-state index contributed by atoms with van der Waals surface area (Å²) in [6.07, 6.45) is 3.46. The standard InChI is InChI=1S/C27H42FN5O3.C3H4O2.CO2/c1-18(2)17-32(21-14-20(15-29-16-21)26(34)19(3)4)27(35)25-24(12-8-9-13-36-5)33(31-30-25)23-11-7-6-10-22(23)28;1-2-3(4)5;2-1-3/h6-7,10-11,18-21,26,29,34H,8-9,12-17H2,1-5H3;2H,1H2,(H,4,5);/t20-,21+,26?;;/m1../s1. The summed E-state index contributed by atoms with van der Waals surface area (Å²) < 4.78 is 21.3. The van der Waals surface area contributed by atoms with Crippen molar-refractivity contribution in [1.82, 2.24) is 25.2 Å². The van der Waals surface area contributed by atoms with Gasteiger partial charge in [0, 0.05) is 45.5 Å². The maximum absolute atomic E-state index is 14.7. The molecule has 0 saturated carbocycles. The molecule has 0 radical (unpaired) electrons. The van der Waals surface area contributed by atoms with Gasteiger partial charge in [-0.1, -0.05) is 51.6 Å². The molecule has 2 heterocycles. The Hall–Kier alpha value is -3.77. The number of carbonyl (C=O) groups is 2. The Bertz CT molecular complexity index is 1210. The number of rotatable bonds is 13. The molecule has 1 aliphatic heterocycles. The van der Waals surface area contributed by atoms with Crippen LogP contribution in [0.15, 0.2) is 36.9 Å². The van der Waals surface area contributed by atoms with Crippen molar-refractivity contribution in [3.63, 3.8) is 0 Å². The summed E-state index contributed by atoms with van der Waals surface area (Å²) in [5, 5.41) is 30.3. The minimum atomic E-state index is -0.981. The maximum atomic E-state index is 14.7. The van der Waals surface area contributed by atoms with Crippen molar-refractivity contribution in [2.45, 2.75) is 65.5 Å². The first-order valence-corrected chi connectivity index (χ1v) is 14.7. The summed E-state index contributed by atoms with van der Waals surface area (Å²) in [6, 6.07) is 6.32. The fourth-order valence-corrected chi connectivity index (χ4v) is 4.97. The number of ether oxygens (including phenoxy) is 1. The van der Waals surface area contributed by atoms with E-state index in [1.54, 1.807) is 25.3 Å². The predicted octanol–water partition coefficient (Wildman–Crippen LogP) is 3.14. The number of piperidine rings is 1. The Balaban J connectivity index is 0.00000108. The van der Waals surface area contributed by atoms with Crippen LogP contribution in [0.2, 0.25) is 0 Å². The highest BCUT2D eigenvalue weighted by Gasteiger charge is 2.36. The van der Waals surface area contributed by atoms with Crippen molar-refractivity contribution in [3.05, 3.63) is 54.1 Å². The molecule has 44 heavy (non-hydrogen) atoms. The molecule has 1 saturated heterocycles. The molecule has 2 aromatic rings. The molecule has 0 aliphatic carbocycles. The minimum Gasteiger partial charge on any atom is -0.478 e. The predicted molar refractivity (Wildman–Crippen MR) is 160 cm³/mol. The number of unbranched alkanes of at least 4 members (excludes halogenated alkanes) is 1. The van der Waals surface area contributed by atoms with E-state index in [2.05, 4.69) is 36.1 Å². The molecule has 3 atom stereocenters. The van der Waals surface area contributed by atoms with Crippen LogP contribution in [0.25, 0.3) is 5.69 Å². The molecule has 3 N–H and O–H groups in total. The Morgan fingerprint density at radius 3 is 2.41 bits per heavy atom. The van der Waals surface area contributed by atoms with E-state index in [0.717, 1.165) is 31.9 Å². The van der Waals surface area contributed by atoms with Gasteiger partial charge in [-0.3, -0.25) is 4.79 Å². The van der Waals surface area contributed by atoms with Gasteiger partial charge in [0.1, 0.15) is 11.5 Å².